The molecule has 2 aromatic rings. The van der Waals surface area contributed by atoms with Crippen LogP contribution < -0.4 is 5.32 Å². The molecule has 0 atom stereocenters. The first kappa shape index (κ1) is 16.2. The van der Waals surface area contributed by atoms with E-state index < -0.39 is 0 Å². The largest absolute Gasteiger partial charge is 0.308 e. The number of hydrogen-bond donors (Lipinski definition) is 1. The van der Waals surface area contributed by atoms with Crippen LogP contribution in [-0.2, 0) is 19.6 Å². The Morgan fingerprint density at radius 1 is 1.00 bits per heavy atom. The lowest BCUT2D eigenvalue weighted by Crippen LogP contribution is -2.35. The van der Waals surface area contributed by atoms with Crippen LogP contribution in [0.15, 0.2) is 41.8 Å². The number of rotatable bonds is 6. The van der Waals surface area contributed by atoms with Crippen LogP contribution in [0.3, 0.4) is 0 Å². The molecule has 0 saturated heterocycles. The topological polar surface area (TPSA) is 15.3 Å². The van der Waals surface area contributed by atoms with Crippen LogP contribution in [0.4, 0.5) is 0 Å². The summed E-state index contributed by atoms with van der Waals surface area (Å²) in [4.78, 5) is 3.78. The summed E-state index contributed by atoms with van der Waals surface area (Å²) in [7, 11) is 2.18. The minimum Gasteiger partial charge on any atom is -0.308 e. The predicted molar refractivity (Wildman–Crippen MR) is 92.5 cm³/mol. The van der Waals surface area contributed by atoms with Gasteiger partial charge in [-0.15, -0.1) is 11.3 Å². The maximum absolute atomic E-state index is 3.52. The van der Waals surface area contributed by atoms with E-state index in [1.807, 2.05) is 11.3 Å². The molecule has 1 aromatic heterocycles. The molecule has 0 bridgehead atoms. The van der Waals surface area contributed by atoms with Gasteiger partial charge >= 0.3 is 0 Å². The average molecular weight is 302 g/mol. The van der Waals surface area contributed by atoms with Gasteiger partial charge in [-0.2, -0.15) is 0 Å². The summed E-state index contributed by atoms with van der Waals surface area (Å²) in [5.74, 6) is 0. The van der Waals surface area contributed by atoms with Crippen molar-refractivity contribution in [3.8, 4) is 0 Å². The minimum absolute atomic E-state index is 0.166. The molecule has 21 heavy (non-hydrogen) atoms. The zero-order valence-electron chi connectivity index (χ0n) is 13.5. The molecule has 1 aromatic carbocycles. The van der Waals surface area contributed by atoms with Gasteiger partial charge in [-0.1, -0.05) is 30.3 Å². The molecule has 0 aliphatic rings. The van der Waals surface area contributed by atoms with Gasteiger partial charge in [-0.25, -0.2) is 0 Å². The molecule has 0 aliphatic carbocycles. The standard InChI is InChI=1S/C18H26N2S/c1-18(2,3)19-12-15-7-9-16(10-8-15)13-20(4)14-17-6-5-11-21-17/h5-11,19H,12-14H2,1-4H3. The summed E-state index contributed by atoms with van der Waals surface area (Å²) in [6.07, 6.45) is 0. The zero-order chi connectivity index (χ0) is 15.3. The van der Waals surface area contributed by atoms with Gasteiger partial charge in [-0.05, 0) is 50.4 Å². The lowest BCUT2D eigenvalue weighted by Gasteiger charge is -2.21. The number of thiophene rings is 1. The predicted octanol–water partition coefficient (Wildman–Crippen LogP) is 4.27. The maximum Gasteiger partial charge on any atom is 0.0328 e. The van der Waals surface area contributed by atoms with Crippen molar-refractivity contribution in [3.05, 3.63) is 57.8 Å². The lowest BCUT2D eigenvalue weighted by molar-refractivity contribution is 0.322. The summed E-state index contributed by atoms with van der Waals surface area (Å²) in [6.45, 7) is 9.52. The first-order chi connectivity index (χ1) is 9.92. The molecule has 0 saturated carbocycles. The Bertz CT molecular complexity index is 523. The highest BCUT2D eigenvalue weighted by Gasteiger charge is 2.08. The Balaban J connectivity index is 1.84. The molecule has 114 valence electrons. The fourth-order valence-corrected chi connectivity index (χ4v) is 2.95. The van der Waals surface area contributed by atoms with E-state index in [9.17, 15) is 0 Å². The normalized spacial score (nSPS) is 12.0. The van der Waals surface area contributed by atoms with Crippen molar-refractivity contribution in [1.82, 2.24) is 10.2 Å². The maximum atomic E-state index is 3.52. The molecule has 2 rings (SSSR count). The highest BCUT2D eigenvalue weighted by atomic mass is 32.1. The van der Waals surface area contributed by atoms with Crippen LogP contribution in [0.2, 0.25) is 0 Å². The van der Waals surface area contributed by atoms with E-state index >= 15 is 0 Å². The third kappa shape index (κ3) is 6.00. The Labute approximate surface area is 132 Å². The summed E-state index contributed by atoms with van der Waals surface area (Å²) in [5.41, 5.74) is 2.88. The summed E-state index contributed by atoms with van der Waals surface area (Å²) in [5, 5.41) is 5.66. The second kappa shape index (κ2) is 7.21. The Hall–Kier alpha value is -1.16. The van der Waals surface area contributed by atoms with Crippen molar-refractivity contribution in [2.75, 3.05) is 7.05 Å². The van der Waals surface area contributed by atoms with E-state index in [0.29, 0.717) is 0 Å². The first-order valence-corrected chi connectivity index (χ1v) is 8.34. The molecule has 3 heteroatoms. The Morgan fingerprint density at radius 2 is 1.67 bits per heavy atom. The second-order valence-electron chi connectivity index (χ2n) is 6.67. The fraction of sp³-hybridized carbons (Fsp3) is 0.444. The van der Waals surface area contributed by atoms with E-state index in [4.69, 9.17) is 0 Å². The SMILES string of the molecule is CN(Cc1ccc(CNC(C)(C)C)cc1)Cc1cccs1. The molecule has 0 unspecified atom stereocenters. The monoisotopic (exact) mass is 302 g/mol. The minimum atomic E-state index is 0.166. The van der Waals surface area contributed by atoms with Gasteiger partial charge in [0.25, 0.3) is 0 Å². The molecule has 2 nitrogen and oxygen atoms in total. The van der Waals surface area contributed by atoms with Crippen LogP contribution in [-0.4, -0.2) is 17.5 Å². The summed E-state index contributed by atoms with van der Waals surface area (Å²) < 4.78 is 0. The third-order valence-corrected chi connectivity index (χ3v) is 4.17. The zero-order valence-corrected chi connectivity index (χ0v) is 14.3. The molecule has 0 radical (unpaired) electrons. The van der Waals surface area contributed by atoms with Crippen LogP contribution >= 0.6 is 11.3 Å². The van der Waals surface area contributed by atoms with E-state index in [0.717, 1.165) is 19.6 Å². The van der Waals surface area contributed by atoms with Crippen molar-refractivity contribution in [2.24, 2.45) is 0 Å². The quantitative estimate of drug-likeness (QED) is 0.857. The molecular formula is C18H26N2S. The van der Waals surface area contributed by atoms with Gasteiger partial charge in [0.05, 0.1) is 0 Å². The first-order valence-electron chi connectivity index (χ1n) is 7.46. The molecule has 1 N–H and O–H groups in total. The molecule has 1 heterocycles. The third-order valence-electron chi connectivity index (χ3n) is 3.30. The Morgan fingerprint density at radius 3 is 2.24 bits per heavy atom. The van der Waals surface area contributed by atoms with E-state index in [-0.39, 0.29) is 5.54 Å². The molecule has 0 fully saturated rings. The number of hydrogen-bond acceptors (Lipinski definition) is 3. The van der Waals surface area contributed by atoms with E-state index in [1.165, 1.54) is 16.0 Å². The van der Waals surface area contributed by atoms with Gasteiger partial charge in [0.1, 0.15) is 0 Å². The van der Waals surface area contributed by atoms with Crippen LogP contribution in [0, 0.1) is 0 Å². The van der Waals surface area contributed by atoms with Gasteiger partial charge in [0.2, 0.25) is 0 Å². The van der Waals surface area contributed by atoms with Gasteiger partial charge in [0, 0.05) is 30.1 Å². The molecule has 0 aliphatic heterocycles. The van der Waals surface area contributed by atoms with Crippen molar-refractivity contribution in [1.29, 1.82) is 0 Å². The highest BCUT2D eigenvalue weighted by molar-refractivity contribution is 7.09. The average Bonchev–Trinajstić information content (AvgIpc) is 2.89. The smallest absolute Gasteiger partial charge is 0.0328 e. The van der Waals surface area contributed by atoms with E-state index in [1.54, 1.807) is 0 Å². The van der Waals surface area contributed by atoms with Crippen LogP contribution in [0.25, 0.3) is 0 Å². The molecule has 0 spiro atoms. The van der Waals surface area contributed by atoms with Gasteiger partial charge in [0.15, 0.2) is 0 Å². The molecule has 0 amide bonds. The number of nitrogens with zero attached hydrogens (tertiary/aromatic N) is 1. The number of benzene rings is 1. The van der Waals surface area contributed by atoms with Crippen molar-refractivity contribution in [2.45, 2.75) is 45.9 Å². The van der Waals surface area contributed by atoms with Crippen molar-refractivity contribution in [3.63, 3.8) is 0 Å². The molecular weight excluding hydrogens is 276 g/mol. The summed E-state index contributed by atoms with van der Waals surface area (Å²) in [6, 6.07) is 13.3. The Kier molecular flexibility index (Phi) is 5.57. The van der Waals surface area contributed by atoms with Crippen LogP contribution in [0.1, 0.15) is 36.8 Å². The van der Waals surface area contributed by atoms with E-state index in [2.05, 4.69) is 79.8 Å². The van der Waals surface area contributed by atoms with Crippen molar-refractivity contribution < 1.29 is 0 Å². The highest BCUT2D eigenvalue weighted by Crippen LogP contribution is 2.14. The van der Waals surface area contributed by atoms with Gasteiger partial charge < -0.3 is 5.32 Å². The fourth-order valence-electron chi connectivity index (χ4n) is 2.17. The van der Waals surface area contributed by atoms with Crippen LogP contribution in [0.5, 0.6) is 0 Å². The number of nitrogens with one attached hydrogen (secondary N) is 1. The lowest BCUT2D eigenvalue weighted by atomic mass is 10.1. The second-order valence-corrected chi connectivity index (χ2v) is 7.70. The van der Waals surface area contributed by atoms with Gasteiger partial charge in [-0.3, -0.25) is 4.90 Å². The van der Waals surface area contributed by atoms with Crippen molar-refractivity contribution >= 4 is 11.3 Å². The summed E-state index contributed by atoms with van der Waals surface area (Å²) >= 11 is 1.82.